The fraction of sp³-hybridized carbons (Fsp3) is 0.417. The Hall–Kier alpha value is -1.26. The van der Waals surface area contributed by atoms with E-state index in [4.69, 9.17) is 16.3 Å². The van der Waals surface area contributed by atoms with Crippen molar-refractivity contribution in [1.29, 1.82) is 0 Å². The highest BCUT2D eigenvalue weighted by molar-refractivity contribution is 6.30. The van der Waals surface area contributed by atoms with E-state index in [0.717, 1.165) is 18.8 Å². The molecule has 4 nitrogen and oxygen atoms in total. The molecule has 92 valence electrons. The van der Waals surface area contributed by atoms with E-state index in [0.29, 0.717) is 18.2 Å². The van der Waals surface area contributed by atoms with Gasteiger partial charge in [-0.05, 0) is 24.3 Å². The topological polar surface area (TPSA) is 50.4 Å². The molecule has 0 atom stereocenters. The third-order valence-electron chi connectivity index (χ3n) is 2.64. The first-order valence-corrected chi connectivity index (χ1v) is 6.00. The summed E-state index contributed by atoms with van der Waals surface area (Å²) in [5.74, 6) is 0.989. The van der Waals surface area contributed by atoms with Gasteiger partial charge in [0.05, 0.1) is 12.5 Å². The van der Waals surface area contributed by atoms with Crippen molar-refractivity contribution in [2.45, 2.75) is 0 Å². The number of rotatable bonds is 5. The van der Waals surface area contributed by atoms with Crippen molar-refractivity contribution in [3.05, 3.63) is 29.3 Å². The van der Waals surface area contributed by atoms with Crippen LogP contribution in [-0.4, -0.2) is 32.1 Å². The van der Waals surface area contributed by atoms with E-state index < -0.39 is 0 Å². The number of carbonyl (C=O) groups excluding carboxylic acids is 1. The Morgan fingerprint density at radius 2 is 2.12 bits per heavy atom. The molecule has 2 rings (SSSR count). The van der Waals surface area contributed by atoms with Gasteiger partial charge in [-0.3, -0.25) is 4.79 Å². The monoisotopic (exact) mass is 254 g/mol. The molecule has 1 saturated heterocycles. The molecule has 17 heavy (non-hydrogen) atoms. The molecule has 1 aromatic carbocycles. The summed E-state index contributed by atoms with van der Waals surface area (Å²) in [6.07, 6.45) is 0. The number of nitrogens with one attached hydrogen (secondary N) is 2. The van der Waals surface area contributed by atoms with Crippen molar-refractivity contribution in [3.63, 3.8) is 0 Å². The normalized spacial score (nSPS) is 15.1. The molecular formula is C12H15ClN2O2. The number of carbonyl (C=O) groups is 1. The molecular weight excluding hydrogens is 240 g/mol. The Labute approximate surface area is 105 Å². The van der Waals surface area contributed by atoms with E-state index in [-0.39, 0.29) is 11.8 Å². The lowest BCUT2D eigenvalue weighted by atomic mass is 10.0. The standard InChI is InChI=1S/C12H15ClN2O2/c13-10-1-3-11(4-2-10)17-6-5-15-12(16)9-7-14-8-9/h1-4,9,14H,5-8H2,(H,15,16). The Balaban J connectivity index is 1.62. The van der Waals surface area contributed by atoms with E-state index in [9.17, 15) is 4.79 Å². The van der Waals surface area contributed by atoms with Gasteiger partial charge in [-0.15, -0.1) is 0 Å². The number of amides is 1. The molecule has 0 radical (unpaired) electrons. The minimum atomic E-state index is 0.100. The fourth-order valence-corrected chi connectivity index (χ4v) is 1.62. The van der Waals surface area contributed by atoms with Crippen LogP contribution in [0.15, 0.2) is 24.3 Å². The SMILES string of the molecule is O=C(NCCOc1ccc(Cl)cc1)C1CNC1. The fourth-order valence-electron chi connectivity index (χ4n) is 1.49. The van der Waals surface area contributed by atoms with Crippen molar-refractivity contribution in [3.8, 4) is 5.75 Å². The Kier molecular flexibility index (Phi) is 4.23. The number of ether oxygens (including phenoxy) is 1. The summed E-state index contributed by atoms with van der Waals surface area (Å²) < 4.78 is 5.45. The number of halogens is 1. The zero-order valence-electron chi connectivity index (χ0n) is 9.41. The maximum absolute atomic E-state index is 11.5. The molecule has 1 fully saturated rings. The van der Waals surface area contributed by atoms with Crippen LogP contribution in [0.1, 0.15) is 0 Å². The minimum absolute atomic E-state index is 0.100. The van der Waals surface area contributed by atoms with Gasteiger partial charge in [0, 0.05) is 18.1 Å². The maximum atomic E-state index is 11.5. The average molecular weight is 255 g/mol. The van der Waals surface area contributed by atoms with Crippen molar-refractivity contribution in [1.82, 2.24) is 10.6 Å². The second kappa shape index (κ2) is 5.89. The number of benzene rings is 1. The van der Waals surface area contributed by atoms with Crippen molar-refractivity contribution < 1.29 is 9.53 Å². The van der Waals surface area contributed by atoms with Gasteiger partial charge in [-0.1, -0.05) is 11.6 Å². The van der Waals surface area contributed by atoms with Crippen LogP contribution in [0.4, 0.5) is 0 Å². The van der Waals surface area contributed by atoms with Gasteiger partial charge in [0.1, 0.15) is 12.4 Å². The average Bonchev–Trinajstić information content (AvgIpc) is 2.24. The molecule has 0 unspecified atom stereocenters. The summed E-state index contributed by atoms with van der Waals surface area (Å²) in [7, 11) is 0. The Morgan fingerprint density at radius 1 is 1.41 bits per heavy atom. The summed E-state index contributed by atoms with van der Waals surface area (Å²) in [5, 5.41) is 6.58. The molecule has 0 aliphatic carbocycles. The number of hydrogen-bond acceptors (Lipinski definition) is 3. The lowest BCUT2D eigenvalue weighted by Gasteiger charge is -2.25. The van der Waals surface area contributed by atoms with Gasteiger partial charge in [0.15, 0.2) is 0 Å². The molecule has 1 aliphatic heterocycles. The van der Waals surface area contributed by atoms with Gasteiger partial charge in [-0.2, -0.15) is 0 Å². The van der Waals surface area contributed by atoms with Crippen LogP contribution in [0, 0.1) is 5.92 Å². The van der Waals surface area contributed by atoms with Crippen LogP contribution in [0.3, 0.4) is 0 Å². The molecule has 2 N–H and O–H groups in total. The quantitative estimate of drug-likeness (QED) is 0.773. The first-order valence-electron chi connectivity index (χ1n) is 5.62. The molecule has 0 saturated carbocycles. The molecule has 0 spiro atoms. The zero-order chi connectivity index (χ0) is 12.1. The van der Waals surface area contributed by atoms with Gasteiger partial charge >= 0.3 is 0 Å². The Morgan fingerprint density at radius 3 is 2.71 bits per heavy atom. The van der Waals surface area contributed by atoms with E-state index in [2.05, 4.69) is 10.6 Å². The van der Waals surface area contributed by atoms with Crippen LogP contribution >= 0.6 is 11.6 Å². The molecule has 0 aromatic heterocycles. The third-order valence-corrected chi connectivity index (χ3v) is 2.89. The van der Waals surface area contributed by atoms with Crippen LogP contribution in [0.2, 0.25) is 5.02 Å². The highest BCUT2D eigenvalue weighted by Gasteiger charge is 2.23. The molecule has 1 aliphatic rings. The highest BCUT2D eigenvalue weighted by atomic mass is 35.5. The smallest absolute Gasteiger partial charge is 0.225 e. The molecule has 0 bridgehead atoms. The van der Waals surface area contributed by atoms with E-state index in [1.165, 1.54) is 0 Å². The van der Waals surface area contributed by atoms with Crippen molar-refractivity contribution in [2.75, 3.05) is 26.2 Å². The lowest BCUT2D eigenvalue weighted by molar-refractivity contribution is -0.126. The van der Waals surface area contributed by atoms with Gasteiger partial charge in [0.25, 0.3) is 0 Å². The van der Waals surface area contributed by atoms with Crippen LogP contribution in [-0.2, 0) is 4.79 Å². The van der Waals surface area contributed by atoms with E-state index in [1.54, 1.807) is 24.3 Å². The molecule has 1 heterocycles. The predicted octanol–water partition coefficient (Wildman–Crippen LogP) is 1.05. The first-order chi connectivity index (χ1) is 8.25. The van der Waals surface area contributed by atoms with Crippen LogP contribution in [0.25, 0.3) is 0 Å². The molecule has 1 amide bonds. The second-order valence-corrected chi connectivity index (χ2v) is 4.39. The summed E-state index contributed by atoms with van der Waals surface area (Å²) in [6.45, 7) is 2.55. The summed E-state index contributed by atoms with van der Waals surface area (Å²) >= 11 is 5.75. The summed E-state index contributed by atoms with van der Waals surface area (Å²) in [6, 6.07) is 7.16. The van der Waals surface area contributed by atoms with E-state index >= 15 is 0 Å². The number of hydrogen-bond donors (Lipinski definition) is 2. The predicted molar refractivity (Wildman–Crippen MR) is 66.3 cm³/mol. The lowest BCUT2D eigenvalue weighted by Crippen LogP contribution is -2.51. The maximum Gasteiger partial charge on any atom is 0.225 e. The summed E-state index contributed by atoms with van der Waals surface area (Å²) in [4.78, 5) is 11.5. The van der Waals surface area contributed by atoms with Crippen molar-refractivity contribution in [2.24, 2.45) is 5.92 Å². The van der Waals surface area contributed by atoms with Crippen LogP contribution in [0.5, 0.6) is 5.75 Å². The van der Waals surface area contributed by atoms with Gasteiger partial charge in [-0.25, -0.2) is 0 Å². The Bertz CT molecular complexity index is 377. The van der Waals surface area contributed by atoms with Crippen LogP contribution < -0.4 is 15.4 Å². The van der Waals surface area contributed by atoms with Gasteiger partial charge in [0.2, 0.25) is 5.91 Å². The zero-order valence-corrected chi connectivity index (χ0v) is 10.2. The minimum Gasteiger partial charge on any atom is -0.492 e. The largest absolute Gasteiger partial charge is 0.492 e. The third kappa shape index (κ3) is 3.61. The van der Waals surface area contributed by atoms with Crippen molar-refractivity contribution >= 4 is 17.5 Å². The molecule has 1 aromatic rings. The first kappa shape index (κ1) is 12.2. The van der Waals surface area contributed by atoms with Gasteiger partial charge < -0.3 is 15.4 Å². The van der Waals surface area contributed by atoms with E-state index in [1.807, 2.05) is 0 Å². The second-order valence-electron chi connectivity index (χ2n) is 3.95. The summed E-state index contributed by atoms with van der Waals surface area (Å²) in [5.41, 5.74) is 0. The molecule has 5 heteroatoms. The highest BCUT2D eigenvalue weighted by Crippen LogP contribution is 2.15.